The van der Waals surface area contributed by atoms with Crippen LogP contribution in [0.15, 0.2) is 95.7 Å². The number of rotatable bonds is 10. The number of pyridine rings is 1. The quantitative estimate of drug-likeness (QED) is 0.104. The Labute approximate surface area is 344 Å². The number of allylic oxidation sites excluding steroid dienone is 1. The van der Waals surface area contributed by atoms with Crippen LogP contribution in [0.25, 0.3) is 33.3 Å². The molecule has 0 radical (unpaired) electrons. The number of carbonyl (C=O) groups is 1. The van der Waals surface area contributed by atoms with Gasteiger partial charge in [0.25, 0.3) is 21.6 Å². The molecule has 4 heterocycles. The molecule has 8 rings (SSSR count). The number of nitro benzene ring substituents is 1. The van der Waals surface area contributed by atoms with Gasteiger partial charge < -0.3 is 14.6 Å². The Balaban J connectivity index is 1.10. The van der Waals surface area contributed by atoms with Crippen LogP contribution in [0.5, 0.6) is 0 Å². The van der Waals surface area contributed by atoms with Gasteiger partial charge in [-0.05, 0) is 90.4 Å². The highest BCUT2D eigenvalue weighted by molar-refractivity contribution is 7.90. The molecule has 1 aliphatic heterocycles. The molecule has 0 spiro atoms. The number of nitrogens with one attached hydrogen (secondary N) is 1. The summed E-state index contributed by atoms with van der Waals surface area (Å²) in [5.74, 6) is -0.964. The SMILES string of the molecule is CC1(C)CCC(CN2CCN(c3ccc(C(=O)NS(=O)(=O)c4ccc(Cl)c([N+](=O)[O-])c4)c(-n4ncc5nc6c(ccn6CO)cc54)c3)CC2)=C(c2ccc(Cl)cc2)C1. The van der Waals surface area contributed by atoms with Gasteiger partial charge in [0.05, 0.1) is 32.8 Å². The van der Waals surface area contributed by atoms with E-state index in [1.807, 2.05) is 24.3 Å². The summed E-state index contributed by atoms with van der Waals surface area (Å²) in [7, 11) is -4.57. The molecule has 1 fully saturated rings. The van der Waals surface area contributed by atoms with Gasteiger partial charge >= 0.3 is 0 Å². The number of aliphatic hydroxyl groups excluding tert-OH is 1. The first-order valence-corrected chi connectivity index (χ1v) is 21.0. The van der Waals surface area contributed by atoms with Crippen LogP contribution in [0.4, 0.5) is 11.4 Å². The van der Waals surface area contributed by atoms with E-state index in [4.69, 9.17) is 28.2 Å². The second kappa shape index (κ2) is 15.5. The Morgan fingerprint density at radius 2 is 1.76 bits per heavy atom. The normalized spacial score (nSPS) is 16.3. The highest BCUT2D eigenvalue weighted by Crippen LogP contribution is 2.43. The van der Waals surface area contributed by atoms with Crippen LogP contribution in [0, 0.1) is 15.5 Å². The lowest BCUT2D eigenvalue weighted by atomic mass is 9.72. The van der Waals surface area contributed by atoms with Crippen LogP contribution in [0.2, 0.25) is 10.0 Å². The van der Waals surface area contributed by atoms with E-state index in [0.717, 1.165) is 73.2 Å². The number of hydrogen-bond acceptors (Lipinski definition) is 10. The minimum Gasteiger partial charge on any atom is -0.376 e. The molecule has 3 aromatic carbocycles. The van der Waals surface area contributed by atoms with Crippen molar-refractivity contribution >= 4 is 78.1 Å². The van der Waals surface area contributed by atoms with Crippen molar-refractivity contribution in [2.24, 2.45) is 5.41 Å². The first kappa shape index (κ1) is 39.5. The molecule has 0 atom stereocenters. The van der Waals surface area contributed by atoms with Crippen molar-refractivity contribution in [1.29, 1.82) is 0 Å². The first-order valence-electron chi connectivity index (χ1n) is 18.7. The summed E-state index contributed by atoms with van der Waals surface area (Å²) in [4.78, 5) is 33.6. The number of aliphatic hydroxyl groups is 1. The third kappa shape index (κ3) is 7.79. The number of anilines is 1. The Kier molecular flexibility index (Phi) is 10.5. The third-order valence-electron chi connectivity index (χ3n) is 11.1. The lowest BCUT2D eigenvalue weighted by Gasteiger charge is -2.39. The van der Waals surface area contributed by atoms with E-state index in [-0.39, 0.29) is 22.7 Å². The van der Waals surface area contributed by atoms with Crippen molar-refractivity contribution in [2.45, 2.75) is 44.7 Å². The maximum absolute atomic E-state index is 14.0. The number of halogens is 2. The number of carbonyl (C=O) groups excluding carboxylic acids is 1. The minimum atomic E-state index is -4.57. The third-order valence-corrected chi connectivity index (χ3v) is 13.0. The second-order valence-electron chi connectivity index (χ2n) is 15.5. The number of hydrogen-bond donors (Lipinski definition) is 2. The highest BCUT2D eigenvalue weighted by atomic mass is 35.5. The Hall–Kier alpha value is -5.32. The molecule has 2 N–H and O–H groups in total. The van der Waals surface area contributed by atoms with E-state index in [2.05, 4.69) is 45.6 Å². The topological polar surface area (TPSA) is 169 Å². The lowest BCUT2D eigenvalue weighted by Crippen LogP contribution is -2.47. The van der Waals surface area contributed by atoms with Gasteiger partial charge in [-0.2, -0.15) is 5.10 Å². The molecule has 1 amide bonds. The molecule has 0 unspecified atom stereocenters. The number of benzene rings is 3. The second-order valence-corrected chi connectivity index (χ2v) is 18.0. The number of sulfonamides is 1. The molecule has 6 aromatic rings. The summed E-state index contributed by atoms with van der Waals surface area (Å²) in [5.41, 5.74) is 6.38. The standard InChI is InChI=1S/C41H40Cl2N8O6S/c1-41(2)13-11-28(33(22-41)26-3-5-29(42)6-4-26)24-47-15-17-48(18-16-47)30-7-9-32(40(53)46-58(56,57)31-8-10-34(43)37(21-31)51(54)55)36(20-30)50-38-19-27-12-14-49(25-52)39(27)45-35(38)23-44-50/h3-10,12,14,19-21,23,52H,11,13,15-18,22,24-25H2,1-2H3,(H,46,53). The number of aromatic nitrogens is 4. The van der Waals surface area contributed by atoms with E-state index in [0.29, 0.717) is 35.5 Å². The van der Waals surface area contributed by atoms with Gasteiger partial charge in [0.15, 0.2) is 0 Å². The maximum Gasteiger partial charge on any atom is 0.289 e. The molecule has 0 saturated carbocycles. The van der Waals surface area contributed by atoms with Crippen molar-refractivity contribution < 1.29 is 23.2 Å². The van der Waals surface area contributed by atoms with Crippen LogP contribution in [-0.4, -0.2) is 81.3 Å². The molecular weight excluding hydrogens is 803 g/mol. The van der Waals surface area contributed by atoms with E-state index < -0.39 is 31.4 Å². The van der Waals surface area contributed by atoms with Gasteiger partial charge in [-0.25, -0.2) is 22.8 Å². The van der Waals surface area contributed by atoms with E-state index in [1.165, 1.54) is 16.7 Å². The summed E-state index contributed by atoms with van der Waals surface area (Å²) in [6.07, 6.45) is 6.42. The molecule has 17 heteroatoms. The van der Waals surface area contributed by atoms with Gasteiger partial charge in [-0.15, -0.1) is 0 Å². The van der Waals surface area contributed by atoms with Crippen LogP contribution < -0.4 is 9.62 Å². The van der Waals surface area contributed by atoms with Crippen molar-refractivity contribution in [1.82, 2.24) is 29.0 Å². The number of nitrogens with zero attached hydrogens (tertiary/aromatic N) is 7. The zero-order chi connectivity index (χ0) is 40.9. The fourth-order valence-corrected chi connectivity index (χ4v) is 9.18. The summed E-state index contributed by atoms with van der Waals surface area (Å²) < 4.78 is 32.1. The zero-order valence-corrected chi connectivity index (χ0v) is 34.1. The summed E-state index contributed by atoms with van der Waals surface area (Å²) >= 11 is 12.2. The monoisotopic (exact) mass is 842 g/mol. The van der Waals surface area contributed by atoms with Crippen LogP contribution >= 0.6 is 23.2 Å². The van der Waals surface area contributed by atoms with Crippen molar-refractivity contribution in [3.05, 3.63) is 122 Å². The Bertz CT molecular complexity index is 2740. The molecular formula is C41H40Cl2N8O6S. The molecule has 300 valence electrons. The maximum atomic E-state index is 14.0. The Morgan fingerprint density at radius 1 is 1.00 bits per heavy atom. The van der Waals surface area contributed by atoms with Gasteiger partial charge in [0, 0.05) is 61.1 Å². The van der Waals surface area contributed by atoms with Crippen molar-refractivity contribution in [2.75, 3.05) is 37.6 Å². The molecule has 0 bridgehead atoms. The zero-order valence-electron chi connectivity index (χ0n) is 31.7. The average molecular weight is 844 g/mol. The van der Waals surface area contributed by atoms with E-state index in [9.17, 15) is 28.4 Å². The molecule has 2 aliphatic rings. The summed E-state index contributed by atoms with van der Waals surface area (Å²) in [6, 6.07) is 19.9. The summed E-state index contributed by atoms with van der Waals surface area (Å²) in [6.45, 7) is 8.28. The smallest absolute Gasteiger partial charge is 0.289 e. The van der Waals surface area contributed by atoms with E-state index in [1.54, 1.807) is 39.8 Å². The Morgan fingerprint density at radius 3 is 2.48 bits per heavy atom. The number of piperazine rings is 1. The predicted molar refractivity (Wildman–Crippen MR) is 224 cm³/mol. The minimum absolute atomic E-state index is 0.00524. The fraction of sp³-hybridized carbons (Fsp3) is 0.293. The lowest BCUT2D eigenvalue weighted by molar-refractivity contribution is -0.384. The number of fused-ring (bicyclic) bond motifs is 2. The highest BCUT2D eigenvalue weighted by Gasteiger charge is 2.30. The van der Waals surface area contributed by atoms with Crippen LogP contribution in [-0.2, 0) is 16.8 Å². The van der Waals surface area contributed by atoms with E-state index >= 15 is 0 Å². The molecule has 3 aromatic heterocycles. The van der Waals surface area contributed by atoms with Gasteiger partial charge in [-0.1, -0.05) is 54.8 Å². The van der Waals surface area contributed by atoms with Gasteiger partial charge in [0.2, 0.25) is 0 Å². The van der Waals surface area contributed by atoms with Crippen molar-refractivity contribution in [3.63, 3.8) is 0 Å². The first-order chi connectivity index (χ1) is 27.7. The largest absolute Gasteiger partial charge is 0.376 e. The molecule has 1 aliphatic carbocycles. The number of nitro groups is 1. The molecule has 14 nitrogen and oxygen atoms in total. The van der Waals surface area contributed by atoms with Crippen LogP contribution in [0.1, 0.15) is 49.0 Å². The van der Waals surface area contributed by atoms with Crippen molar-refractivity contribution in [3.8, 4) is 5.69 Å². The van der Waals surface area contributed by atoms with Gasteiger partial charge in [-0.3, -0.25) is 19.8 Å². The summed E-state index contributed by atoms with van der Waals surface area (Å²) in [5, 5.41) is 27.1. The van der Waals surface area contributed by atoms with Gasteiger partial charge in [0.1, 0.15) is 22.9 Å². The predicted octanol–water partition coefficient (Wildman–Crippen LogP) is 7.44. The average Bonchev–Trinajstić information content (AvgIpc) is 3.81. The number of amides is 1. The molecule has 58 heavy (non-hydrogen) atoms. The fourth-order valence-electron chi connectivity index (χ4n) is 7.88. The van der Waals surface area contributed by atoms with Crippen LogP contribution in [0.3, 0.4) is 0 Å². The molecule has 1 saturated heterocycles.